The highest BCUT2D eigenvalue weighted by Gasteiger charge is 2.32. The zero-order valence-corrected chi connectivity index (χ0v) is 13.4. The van der Waals surface area contributed by atoms with Gasteiger partial charge in [-0.3, -0.25) is 4.79 Å². The summed E-state index contributed by atoms with van der Waals surface area (Å²) < 4.78 is 5.72. The second kappa shape index (κ2) is 5.45. The highest BCUT2D eigenvalue weighted by molar-refractivity contribution is 7.10. The number of fused-ring (bicyclic) bond motifs is 1. The molecule has 3 nitrogen and oxygen atoms in total. The van der Waals surface area contributed by atoms with E-state index < -0.39 is 0 Å². The molecule has 5 heteroatoms. The maximum absolute atomic E-state index is 12.8. The number of hydrogen-bond acceptors (Lipinski definition) is 3. The van der Waals surface area contributed by atoms with Gasteiger partial charge < -0.3 is 9.32 Å². The Balaban J connectivity index is 1.67. The third-order valence-electron chi connectivity index (χ3n) is 4.07. The van der Waals surface area contributed by atoms with E-state index in [1.54, 1.807) is 29.5 Å². The molecule has 0 aliphatic carbocycles. The summed E-state index contributed by atoms with van der Waals surface area (Å²) in [7, 11) is 0. The summed E-state index contributed by atoms with van der Waals surface area (Å²) in [6.45, 7) is 0.777. The minimum atomic E-state index is -0.0387. The molecule has 1 aromatic carbocycles. The Morgan fingerprint density at radius 2 is 2.23 bits per heavy atom. The van der Waals surface area contributed by atoms with E-state index >= 15 is 0 Å². The first-order valence-electron chi connectivity index (χ1n) is 7.26. The number of amides is 1. The topological polar surface area (TPSA) is 33.5 Å². The van der Waals surface area contributed by atoms with Crippen LogP contribution in [-0.4, -0.2) is 17.4 Å². The molecule has 1 amide bonds. The zero-order valence-electron chi connectivity index (χ0n) is 11.8. The zero-order chi connectivity index (χ0) is 15.1. The van der Waals surface area contributed by atoms with Crippen molar-refractivity contribution in [1.82, 2.24) is 4.90 Å². The van der Waals surface area contributed by atoms with Crippen LogP contribution in [-0.2, 0) is 0 Å². The van der Waals surface area contributed by atoms with Gasteiger partial charge in [0, 0.05) is 21.8 Å². The van der Waals surface area contributed by atoms with Crippen LogP contribution in [0.25, 0.3) is 11.0 Å². The molecule has 0 unspecified atom stereocenters. The molecule has 3 aromatic rings. The molecule has 1 atom stereocenters. The molecule has 22 heavy (non-hydrogen) atoms. The molecular weight excluding hydrogens is 318 g/mol. The largest absolute Gasteiger partial charge is 0.451 e. The Hall–Kier alpha value is -1.78. The van der Waals surface area contributed by atoms with Crippen molar-refractivity contribution in [3.05, 3.63) is 57.4 Å². The van der Waals surface area contributed by atoms with Crippen molar-refractivity contribution in [2.45, 2.75) is 18.9 Å². The van der Waals surface area contributed by atoms with Crippen LogP contribution in [0.15, 0.2) is 46.2 Å². The Bertz CT molecular complexity index is 824. The summed E-state index contributed by atoms with van der Waals surface area (Å²) in [5.41, 5.74) is 0.694. The number of hydrogen-bond donors (Lipinski definition) is 0. The number of likely N-dealkylation sites (tertiary alicyclic amines) is 1. The minimum Gasteiger partial charge on any atom is -0.451 e. The first-order chi connectivity index (χ1) is 10.7. The van der Waals surface area contributed by atoms with Crippen molar-refractivity contribution in [2.24, 2.45) is 0 Å². The molecule has 0 spiro atoms. The summed E-state index contributed by atoms with van der Waals surface area (Å²) in [4.78, 5) is 16.0. The molecule has 0 saturated carbocycles. The number of rotatable bonds is 2. The van der Waals surface area contributed by atoms with Crippen molar-refractivity contribution in [3.63, 3.8) is 0 Å². The fourth-order valence-corrected chi connectivity index (χ4v) is 4.10. The summed E-state index contributed by atoms with van der Waals surface area (Å²) in [5, 5.41) is 3.56. The van der Waals surface area contributed by atoms with Crippen LogP contribution in [0, 0.1) is 0 Å². The Morgan fingerprint density at radius 1 is 1.32 bits per heavy atom. The lowest BCUT2D eigenvalue weighted by Gasteiger charge is -2.22. The van der Waals surface area contributed by atoms with Gasteiger partial charge in [0.15, 0.2) is 5.76 Å². The molecule has 1 aliphatic heterocycles. The second-order valence-electron chi connectivity index (χ2n) is 5.46. The number of nitrogens with zero attached hydrogens (tertiary/aromatic N) is 1. The van der Waals surface area contributed by atoms with E-state index in [4.69, 9.17) is 16.0 Å². The van der Waals surface area contributed by atoms with Crippen LogP contribution in [0.2, 0.25) is 5.02 Å². The van der Waals surface area contributed by atoms with Gasteiger partial charge in [-0.15, -0.1) is 11.3 Å². The SMILES string of the molecule is O=C(c1cc2cc(Cl)ccc2o1)N1CCC[C@@H]1c1cccs1. The van der Waals surface area contributed by atoms with E-state index in [1.807, 2.05) is 17.0 Å². The molecule has 112 valence electrons. The summed E-state index contributed by atoms with van der Waals surface area (Å²) >= 11 is 7.69. The van der Waals surface area contributed by atoms with Crippen molar-refractivity contribution in [3.8, 4) is 0 Å². The summed E-state index contributed by atoms with van der Waals surface area (Å²) in [6, 6.07) is 11.5. The average Bonchev–Trinajstić information content (AvgIpc) is 3.24. The Labute approximate surface area is 137 Å². The van der Waals surface area contributed by atoms with Crippen molar-refractivity contribution in [2.75, 3.05) is 6.54 Å². The van der Waals surface area contributed by atoms with Gasteiger partial charge in [0.05, 0.1) is 6.04 Å². The average molecular weight is 332 g/mol. The lowest BCUT2D eigenvalue weighted by atomic mass is 10.2. The highest BCUT2D eigenvalue weighted by Crippen LogP contribution is 2.36. The maximum Gasteiger partial charge on any atom is 0.290 e. The third kappa shape index (κ3) is 2.32. The molecule has 0 N–H and O–H groups in total. The summed E-state index contributed by atoms with van der Waals surface area (Å²) in [5.74, 6) is 0.351. The molecular formula is C17H14ClNO2S. The van der Waals surface area contributed by atoms with E-state index in [2.05, 4.69) is 11.4 Å². The van der Waals surface area contributed by atoms with Crippen molar-refractivity contribution in [1.29, 1.82) is 0 Å². The first-order valence-corrected chi connectivity index (χ1v) is 8.51. The molecule has 3 heterocycles. The van der Waals surface area contributed by atoms with Gasteiger partial charge in [0.1, 0.15) is 5.58 Å². The monoisotopic (exact) mass is 331 g/mol. The van der Waals surface area contributed by atoms with Crippen LogP contribution in [0.3, 0.4) is 0 Å². The number of halogens is 1. The molecule has 0 bridgehead atoms. The standard InChI is InChI=1S/C17H14ClNO2S/c18-12-5-6-14-11(9-12)10-15(21-14)17(20)19-7-1-3-13(19)16-4-2-8-22-16/h2,4-6,8-10,13H,1,3,7H2/t13-/m1/s1. The number of carbonyl (C=O) groups is 1. The van der Waals surface area contributed by atoms with Crippen molar-refractivity contribution >= 4 is 39.8 Å². The van der Waals surface area contributed by atoms with Gasteiger partial charge in [-0.05, 0) is 48.6 Å². The number of furan rings is 1. The van der Waals surface area contributed by atoms with Gasteiger partial charge in [0.2, 0.25) is 0 Å². The maximum atomic E-state index is 12.8. The van der Waals surface area contributed by atoms with Gasteiger partial charge in [0.25, 0.3) is 5.91 Å². The molecule has 2 aromatic heterocycles. The van der Waals surface area contributed by atoms with E-state index in [0.29, 0.717) is 16.4 Å². The number of carbonyl (C=O) groups excluding carboxylic acids is 1. The second-order valence-corrected chi connectivity index (χ2v) is 6.88. The number of benzene rings is 1. The Kier molecular flexibility index (Phi) is 3.43. The molecule has 1 aliphatic rings. The smallest absolute Gasteiger partial charge is 0.290 e. The van der Waals surface area contributed by atoms with Gasteiger partial charge in [-0.2, -0.15) is 0 Å². The number of thiophene rings is 1. The fraction of sp³-hybridized carbons (Fsp3) is 0.235. The van der Waals surface area contributed by atoms with E-state index in [9.17, 15) is 4.79 Å². The lowest BCUT2D eigenvalue weighted by Crippen LogP contribution is -2.29. The quantitative estimate of drug-likeness (QED) is 0.652. The molecule has 1 saturated heterocycles. The molecule has 1 fully saturated rings. The normalized spacial score (nSPS) is 18.2. The van der Waals surface area contributed by atoms with Crippen LogP contribution < -0.4 is 0 Å². The van der Waals surface area contributed by atoms with Gasteiger partial charge in [-0.25, -0.2) is 0 Å². The predicted octanol–water partition coefficient (Wildman–Crippen LogP) is 5.13. The summed E-state index contributed by atoms with van der Waals surface area (Å²) in [6.07, 6.45) is 2.04. The molecule has 0 radical (unpaired) electrons. The fourth-order valence-electron chi connectivity index (χ4n) is 3.05. The van der Waals surface area contributed by atoms with Crippen LogP contribution >= 0.6 is 22.9 Å². The minimum absolute atomic E-state index is 0.0387. The van der Waals surface area contributed by atoms with Crippen LogP contribution in [0.4, 0.5) is 0 Å². The highest BCUT2D eigenvalue weighted by atomic mass is 35.5. The lowest BCUT2D eigenvalue weighted by molar-refractivity contribution is 0.0708. The van der Waals surface area contributed by atoms with Crippen molar-refractivity contribution < 1.29 is 9.21 Å². The van der Waals surface area contributed by atoms with E-state index in [-0.39, 0.29) is 11.9 Å². The predicted molar refractivity (Wildman–Crippen MR) is 88.6 cm³/mol. The van der Waals surface area contributed by atoms with Crippen LogP contribution in [0.1, 0.15) is 34.3 Å². The first kappa shape index (κ1) is 13.9. The van der Waals surface area contributed by atoms with E-state index in [1.165, 1.54) is 4.88 Å². The van der Waals surface area contributed by atoms with Gasteiger partial charge in [-0.1, -0.05) is 17.7 Å². The molecule has 4 rings (SSSR count). The Morgan fingerprint density at radius 3 is 3.05 bits per heavy atom. The third-order valence-corrected chi connectivity index (χ3v) is 5.28. The van der Waals surface area contributed by atoms with Gasteiger partial charge >= 0.3 is 0 Å². The van der Waals surface area contributed by atoms with Crippen LogP contribution in [0.5, 0.6) is 0 Å². The van der Waals surface area contributed by atoms with E-state index in [0.717, 1.165) is 24.8 Å².